The van der Waals surface area contributed by atoms with Crippen molar-refractivity contribution in [1.29, 1.82) is 0 Å². The van der Waals surface area contributed by atoms with Crippen molar-refractivity contribution in [3.05, 3.63) is 46.4 Å². The molecule has 0 radical (unpaired) electrons. The third-order valence-corrected chi connectivity index (χ3v) is 3.59. The van der Waals surface area contributed by atoms with Crippen LogP contribution in [0.15, 0.2) is 36.4 Å². The number of hydrogen-bond donors (Lipinski definition) is 2. The fraction of sp³-hybridized carbons (Fsp3) is 0.125. The van der Waals surface area contributed by atoms with E-state index in [4.69, 9.17) is 32.7 Å². The van der Waals surface area contributed by atoms with Crippen LogP contribution in [0.2, 0.25) is 10.0 Å². The van der Waals surface area contributed by atoms with E-state index in [1.807, 2.05) is 0 Å². The van der Waals surface area contributed by atoms with Crippen LogP contribution < -0.4 is 20.1 Å². The minimum absolute atomic E-state index is 0.227. The van der Waals surface area contributed by atoms with E-state index in [9.17, 15) is 9.59 Å². The second-order valence-corrected chi connectivity index (χ2v) is 5.44. The van der Waals surface area contributed by atoms with Crippen LogP contribution in [0.3, 0.4) is 0 Å². The predicted molar refractivity (Wildman–Crippen MR) is 93.3 cm³/mol. The molecule has 0 aromatic heterocycles. The maximum absolute atomic E-state index is 12.0. The van der Waals surface area contributed by atoms with Gasteiger partial charge in [0.25, 0.3) is 0 Å². The molecule has 0 saturated carbocycles. The first-order chi connectivity index (χ1) is 11.4. The van der Waals surface area contributed by atoms with Crippen LogP contribution in [0.4, 0.5) is 11.4 Å². The number of halogens is 2. The van der Waals surface area contributed by atoms with Gasteiger partial charge in [-0.2, -0.15) is 0 Å². The van der Waals surface area contributed by atoms with Crippen LogP contribution >= 0.6 is 23.2 Å². The molecule has 0 heterocycles. The van der Waals surface area contributed by atoms with Crippen molar-refractivity contribution in [2.75, 3.05) is 24.9 Å². The second kappa shape index (κ2) is 7.90. The lowest BCUT2D eigenvalue weighted by Crippen LogP contribution is -2.29. The summed E-state index contributed by atoms with van der Waals surface area (Å²) in [6, 6.07) is 9.30. The molecule has 8 heteroatoms. The molecule has 2 rings (SSSR count). The molecule has 2 aromatic carbocycles. The fourth-order valence-electron chi connectivity index (χ4n) is 1.85. The number of benzene rings is 2. The summed E-state index contributed by atoms with van der Waals surface area (Å²) in [4.78, 5) is 24.0. The zero-order valence-electron chi connectivity index (χ0n) is 12.9. The van der Waals surface area contributed by atoms with Gasteiger partial charge < -0.3 is 20.1 Å². The van der Waals surface area contributed by atoms with Gasteiger partial charge in [-0.1, -0.05) is 23.2 Å². The molecule has 0 fully saturated rings. The lowest BCUT2D eigenvalue weighted by Gasteiger charge is -2.12. The molecule has 6 nitrogen and oxygen atoms in total. The molecule has 2 N–H and O–H groups in total. The number of hydrogen-bond acceptors (Lipinski definition) is 4. The maximum Gasteiger partial charge on any atom is 0.314 e. The van der Waals surface area contributed by atoms with E-state index in [2.05, 4.69) is 10.6 Å². The molecule has 2 amide bonds. The molecule has 0 bridgehead atoms. The van der Waals surface area contributed by atoms with E-state index >= 15 is 0 Å². The Morgan fingerprint density at radius 1 is 0.875 bits per heavy atom. The first kappa shape index (κ1) is 17.9. The molecule has 0 atom stereocenters. The van der Waals surface area contributed by atoms with Crippen LogP contribution in [0.1, 0.15) is 0 Å². The van der Waals surface area contributed by atoms with Gasteiger partial charge in [-0.3, -0.25) is 9.59 Å². The molecule has 0 aliphatic rings. The van der Waals surface area contributed by atoms with Crippen LogP contribution in [0, 0.1) is 0 Å². The van der Waals surface area contributed by atoms with E-state index in [1.165, 1.54) is 26.4 Å². The van der Waals surface area contributed by atoms with Crippen LogP contribution in [0.25, 0.3) is 0 Å². The predicted octanol–water partition coefficient (Wildman–Crippen LogP) is 3.59. The van der Waals surface area contributed by atoms with Crippen LogP contribution in [-0.4, -0.2) is 26.0 Å². The Hall–Kier alpha value is -2.44. The first-order valence-corrected chi connectivity index (χ1v) is 7.49. The third kappa shape index (κ3) is 4.31. The van der Waals surface area contributed by atoms with Gasteiger partial charge in [0.05, 0.1) is 30.6 Å². The number of carbonyl (C=O) groups excluding carboxylic acids is 2. The van der Waals surface area contributed by atoms with Gasteiger partial charge in [-0.25, -0.2) is 0 Å². The number of carbonyl (C=O) groups is 2. The number of amides is 2. The summed E-state index contributed by atoms with van der Waals surface area (Å²) < 4.78 is 10.2. The summed E-state index contributed by atoms with van der Waals surface area (Å²) in [5, 5.41) is 5.52. The van der Waals surface area contributed by atoms with E-state index in [-0.39, 0.29) is 10.7 Å². The Bertz CT molecular complexity index is 781. The normalized spacial score (nSPS) is 10.0. The van der Waals surface area contributed by atoms with Crippen LogP contribution in [-0.2, 0) is 9.59 Å². The Balaban J connectivity index is 2.10. The average molecular weight is 369 g/mol. The molecule has 0 spiro atoms. The lowest BCUT2D eigenvalue weighted by molar-refractivity contribution is -0.133. The van der Waals surface area contributed by atoms with E-state index in [0.29, 0.717) is 22.2 Å². The summed E-state index contributed by atoms with van der Waals surface area (Å²) in [5.74, 6) is -0.830. The minimum Gasteiger partial charge on any atom is -0.497 e. The quantitative estimate of drug-likeness (QED) is 0.808. The summed E-state index contributed by atoms with van der Waals surface area (Å²) in [5.41, 5.74) is 0.614. The first-order valence-electron chi connectivity index (χ1n) is 6.74. The molecule has 0 saturated heterocycles. The largest absolute Gasteiger partial charge is 0.497 e. The van der Waals surface area contributed by atoms with Crippen molar-refractivity contribution in [2.45, 2.75) is 0 Å². The monoisotopic (exact) mass is 368 g/mol. The lowest BCUT2D eigenvalue weighted by atomic mass is 10.2. The maximum atomic E-state index is 12.0. The standard InChI is InChI=1S/C16H14Cl2N2O4/c1-23-10-4-6-13(14(8-10)24-2)20-16(22)15(21)19-12-5-3-9(17)7-11(12)18/h3-8H,1-2H3,(H,19,21)(H,20,22). The van der Waals surface area contributed by atoms with Crippen molar-refractivity contribution < 1.29 is 19.1 Å². The minimum atomic E-state index is -0.878. The van der Waals surface area contributed by atoms with Crippen LogP contribution in [0.5, 0.6) is 11.5 Å². The van der Waals surface area contributed by atoms with Crippen molar-refractivity contribution in [3.63, 3.8) is 0 Å². The molecular weight excluding hydrogens is 355 g/mol. The average Bonchev–Trinajstić information content (AvgIpc) is 2.57. The van der Waals surface area contributed by atoms with E-state index in [1.54, 1.807) is 24.3 Å². The zero-order valence-corrected chi connectivity index (χ0v) is 14.4. The van der Waals surface area contributed by atoms with Crippen molar-refractivity contribution >= 4 is 46.4 Å². The van der Waals surface area contributed by atoms with Gasteiger partial charge >= 0.3 is 11.8 Å². The summed E-state index contributed by atoms with van der Waals surface area (Å²) in [6.45, 7) is 0. The summed E-state index contributed by atoms with van der Waals surface area (Å²) in [6.07, 6.45) is 0. The number of rotatable bonds is 4. The number of nitrogens with one attached hydrogen (secondary N) is 2. The number of methoxy groups -OCH3 is 2. The summed E-state index contributed by atoms with van der Waals surface area (Å²) >= 11 is 11.7. The van der Waals surface area contributed by atoms with Gasteiger partial charge in [0, 0.05) is 11.1 Å². The number of anilines is 2. The molecule has 0 aliphatic carbocycles. The van der Waals surface area contributed by atoms with E-state index in [0.717, 1.165) is 0 Å². The highest BCUT2D eigenvalue weighted by atomic mass is 35.5. The summed E-state index contributed by atoms with van der Waals surface area (Å²) in [7, 11) is 2.95. The molecule has 2 aromatic rings. The number of ether oxygens (including phenoxy) is 2. The molecule has 126 valence electrons. The highest BCUT2D eigenvalue weighted by Crippen LogP contribution is 2.29. The smallest absolute Gasteiger partial charge is 0.314 e. The van der Waals surface area contributed by atoms with Crippen molar-refractivity contribution in [2.24, 2.45) is 0 Å². The fourth-order valence-corrected chi connectivity index (χ4v) is 2.31. The van der Waals surface area contributed by atoms with Gasteiger partial charge in [-0.15, -0.1) is 0 Å². The van der Waals surface area contributed by atoms with Gasteiger partial charge in [0.1, 0.15) is 11.5 Å². The Kier molecular flexibility index (Phi) is 5.89. The highest BCUT2D eigenvalue weighted by Gasteiger charge is 2.17. The zero-order chi connectivity index (χ0) is 17.7. The molecule has 0 aliphatic heterocycles. The van der Waals surface area contributed by atoms with Gasteiger partial charge in [-0.05, 0) is 30.3 Å². The van der Waals surface area contributed by atoms with Crippen molar-refractivity contribution in [3.8, 4) is 11.5 Å². The van der Waals surface area contributed by atoms with Crippen molar-refractivity contribution in [1.82, 2.24) is 0 Å². The SMILES string of the molecule is COc1ccc(NC(=O)C(=O)Nc2ccc(Cl)cc2Cl)c(OC)c1. The Morgan fingerprint density at radius 3 is 2.08 bits per heavy atom. The second-order valence-electron chi connectivity index (χ2n) is 4.60. The van der Waals surface area contributed by atoms with Gasteiger partial charge in [0.15, 0.2) is 0 Å². The van der Waals surface area contributed by atoms with E-state index < -0.39 is 11.8 Å². The van der Waals surface area contributed by atoms with Gasteiger partial charge in [0.2, 0.25) is 0 Å². The molecule has 24 heavy (non-hydrogen) atoms. The topological polar surface area (TPSA) is 76.7 Å². The Labute approximate surface area is 148 Å². The molecule has 0 unspecified atom stereocenters. The Morgan fingerprint density at radius 2 is 1.50 bits per heavy atom. The molecular formula is C16H14Cl2N2O4. The third-order valence-electron chi connectivity index (χ3n) is 3.04. The highest BCUT2D eigenvalue weighted by molar-refractivity contribution is 6.45.